The highest BCUT2D eigenvalue weighted by molar-refractivity contribution is 5.99. The number of amides is 1. The Labute approximate surface area is 299 Å². The molecule has 4 aliphatic carbocycles. The molecule has 3 heterocycles. The van der Waals surface area contributed by atoms with Crippen molar-refractivity contribution in [2.45, 2.75) is 126 Å². The van der Waals surface area contributed by atoms with Gasteiger partial charge in [0, 0.05) is 55.8 Å². The highest BCUT2D eigenvalue weighted by Crippen LogP contribution is 2.53. The summed E-state index contributed by atoms with van der Waals surface area (Å²) in [4.78, 5) is 38.4. The van der Waals surface area contributed by atoms with E-state index in [0.29, 0.717) is 43.9 Å². The third kappa shape index (κ3) is 6.30. The van der Waals surface area contributed by atoms with E-state index in [1.54, 1.807) is 4.90 Å². The van der Waals surface area contributed by atoms with Crippen molar-refractivity contribution in [2.24, 2.45) is 17.8 Å². The molecule has 2 N–H and O–H groups in total. The fourth-order valence-corrected chi connectivity index (χ4v) is 10.6. The van der Waals surface area contributed by atoms with Crippen LogP contribution < -0.4 is 15.0 Å². The van der Waals surface area contributed by atoms with Crippen LogP contribution in [0.15, 0.2) is 24.4 Å². The number of aromatic nitrogens is 2. The average Bonchev–Trinajstić information content (AvgIpc) is 3.53. The van der Waals surface area contributed by atoms with Crippen molar-refractivity contribution in [3.8, 4) is 5.75 Å². The van der Waals surface area contributed by atoms with E-state index in [9.17, 15) is 36.6 Å². The number of nitrogens with one attached hydrogen (secondary N) is 1. The molecule has 2 bridgehead atoms. The van der Waals surface area contributed by atoms with E-state index in [1.807, 2.05) is 25.1 Å². The lowest BCUT2D eigenvalue weighted by atomic mass is 9.71. The number of carboxylic acid groups (broad SMARTS) is 1. The molecule has 2 aliphatic heterocycles. The van der Waals surface area contributed by atoms with E-state index in [1.165, 1.54) is 0 Å². The van der Waals surface area contributed by atoms with E-state index in [2.05, 4.69) is 20.2 Å². The number of carboxylic acids is 1. The number of likely N-dealkylation sites (tertiary alicyclic amines) is 1. The van der Waals surface area contributed by atoms with Gasteiger partial charge in [-0.15, -0.1) is 0 Å². The Morgan fingerprint density at radius 1 is 1.02 bits per heavy atom. The van der Waals surface area contributed by atoms with Gasteiger partial charge in [0.15, 0.2) is 5.69 Å². The molecule has 6 aliphatic rings. The number of halogens is 5. The van der Waals surface area contributed by atoms with Crippen LogP contribution in [0.5, 0.6) is 5.75 Å². The number of hydrogen-bond donors (Lipinski definition) is 2. The quantitative estimate of drug-likeness (QED) is 0.282. The number of benzene rings is 1. The van der Waals surface area contributed by atoms with Crippen LogP contribution in [0, 0.1) is 17.8 Å². The number of fused-ring (bicyclic) bond motifs is 4. The predicted octanol–water partition coefficient (Wildman–Crippen LogP) is 7.50. The Morgan fingerprint density at radius 2 is 1.75 bits per heavy atom. The maximum absolute atomic E-state index is 14.7. The summed E-state index contributed by atoms with van der Waals surface area (Å²) in [6, 6.07) is 5.57. The lowest BCUT2D eigenvalue weighted by Gasteiger charge is -2.45. The third-order valence-corrected chi connectivity index (χ3v) is 13.1. The molecule has 1 saturated heterocycles. The SMILES string of the molecule is CC1CC2CC(C1)C(NC(=O)c1cnc(N3CC4(CCCCC4)c4cc(OC5CCN(C6CC(F)(F)C6)CC5)ccc43)nc1C(F)(F)F)(C(=O)O)C2. The van der Waals surface area contributed by atoms with Crippen molar-refractivity contribution in [3.63, 3.8) is 0 Å². The van der Waals surface area contributed by atoms with Gasteiger partial charge in [-0.2, -0.15) is 13.2 Å². The van der Waals surface area contributed by atoms with E-state index in [-0.39, 0.29) is 60.5 Å². The first kappa shape index (κ1) is 35.5. The molecule has 1 amide bonds. The van der Waals surface area contributed by atoms with Crippen LogP contribution >= 0.6 is 0 Å². The number of piperidine rings is 1. The van der Waals surface area contributed by atoms with Crippen LogP contribution in [0.1, 0.15) is 112 Å². The normalized spacial score (nSPS) is 30.2. The molecule has 14 heteroatoms. The number of anilines is 2. The van der Waals surface area contributed by atoms with Gasteiger partial charge in [-0.05, 0) is 92.9 Å². The van der Waals surface area contributed by atoms with Gasteiger partial charge in [-0.3, -0.25) is 9.69 Å². The minimum Gasteiger partial charge on any atom is -0.490 e. The molecule has 1 spiro atoms. The van der Waals surface area contributed by atoms with Crippen molar-refractivity contribution < 1.29 is 41.4 Å². The smallest absolute Gasteiger partial charge is 0.434 e. The Hall–Kier alpha value is -3.55. The molecular formula is C38H46F5N5O4. The number of hydrogen-bond acceptors (Lipinski definition) is 7. The highest BCUT2D eigenvalue weighted by Gasteiger charge is 2.57. The summed E-state index contributed by atoms with van der Waals surface area (Å²) in [7, 11) is 0. The molecule has 5 fully saturated rings. The zero-order valence-corrected chi connectivity index (χ0v) is 29.4. The molecule has 9 nitrogen and oxygen atoms in total. The molecule has 1 aromatic heterocycles. The molecule has 0 radical (unpaired) electrons. The second-order valence-electron chi connectivity index (χ2n) is 16.6. The molecular weight excluding hydrogens is 685 g/mol. The lowest BCUT2D eigenvalue weighted by molar-refractivity contribution is -0.146. The van der Waals surface area contributed by atoms with E-state index >= 15 is 0 Å². The zero-order chi connectivity index (χ0) is 36.6. The number of rotatable bonds is 7. The number of aliphatic carboxylic acids is 1. The highest BCUT2D eigenvalue weighted by atomic mass is 19.4. The largest absolute Gasteiger partial charge is 0.490 e. The van der Waals surface area contributed by atoms with Gasteiger partial charge < -0.3 is 20.1 Å². The van der Waals surface area contributed by atoms with Crippen LogP contribution in [0.25, 0.3) is 0 Å². The average molecular weight is 732 g/mol. The van der Waals surface area contributed by atoms with Crippen molar-refractivity contribution in [1.82, 2.24) is 20.2 Å². The van der Waals surface area contributed by atoms with Crippen LogP contribution in [-0.4, -0.2) is 75.1 Å². The van der Waals surface area contributed by atoms with E-state index in [0.717, 1.165) is 63.1 Å². The van der Waals surface area contributed by atoms with Gasteiger partial charge in [0.05, 0.1) is 5.56 Å². The first-order chi connectivity index (χ1) is 24.6. The molecule has 8 rings (SSSR count). The molecule has 2 aromatic rings. The van der Waals surface area contributed by atoms with Crippen LogP contribution in [-0.2, 0) is 16.4 Å². The summed E-state index contributed by atoms with van der Waals surface area (Å²) < 4.78 is 77.4. The van der Waals surface area contributed by atoms with Crippen molar-refractivity contribution in [1.29, 1.82) is 0 Å². The van der Waals surface area contributed by atoms with Crippen LogP contribution in [0.3, 0.4) is 0 Å². The van der Waals surface area contributed by atoms with Gasteiger partial charge in [0.2, 0.25) is 5.95 Å². The third-order valence-electron chi connectivity index (χ3n) is 13.1. The molecule has 4 saturated carbocycles. The molecule has 4 unspecified atom stereocenters. The fourth-order valence-electron chi connectivity index (χ4n) is 10.6. The summed E-state index contributed by atoms with van der Waals surface area (Å²) >= 11 is 0. The number of nitrogens with zero attached hydrogens (tertiary/aromatic N) is 4. The summed E-state index contributed by atoms with van der Waals surface area (Å²) in [6.07, 6.45) is 3.98. The molecule has 282 valence electrons. The molecule has 4 atom stereocenters. The first-order valence-corrected chi connectivity index (χ1v) is 18.9. The number of carbonyl (C=O) groups is 2. The molecule has 1 aromatic carbocycles. The maximum atomic E-state index is 14.7. The Bertz CT molecular complexity index is 1720. The van der Waals surface area contributed by atoms with Crippen LogP contribution in [0.4, 0.5) is 33.6 Å². The predicted molar refractivity (Wildman–Crippen MR) is 181 cm³/mol. The second-order valence-corrected chi connectivity index (χ2v) is 16.6. The van der Waals surface area contributed by atoms with Gasteiger partial charge >= 0.3 is 12.1 Å². The summed E-state index contributed by atoms with van der Waals surface area (Å²) in [6.45, 7) is 3.80. The van der Waals surface area contributed by atoms with Gasteiger partial charge in [0.25, 0.3) is 11.8 Å². The van der Waals surface area contributed by atoms with Gasteiger partial charge in [0.1, 0.15) is 17.4 Å². The van der Waals surface area contributed by atoms with Crippen molar-refractivity contribution in [2.75, 3.05) is 24.5 Å². The second kappa shape index (κ2) is 12.8. The Kier molecular flexibility index (Phi) is 8.73. The van der Waals surface area contributed by atoms with Crippen LogP contribution in [0.2, 0.25) is 0 Å². The van der Waals surface area contributed by atoms with Crippen molar-refractivity contribution >= 4 is 23.5 Å². The van der Waals surface area contributed by atoms with E-state index < -0.39 is 40.8 Å². The Balaban J connectivity index is 1.05. The Morgan fingerprint density at radius 3 is 2.42 bits per heavy atom. The van der Waals surface area contributed by atoms with Gasteiger partial charge in [-0.1, -0.05) is 26.2 Å². The first-order valence-electron chi connectivity index (χ1n) is 18.9. The number of ether oxygens (including phenoxy) is 1. The summed E-state index contributed by atoms with van der Waals surface area (Å²) in [5.41, 5.74) is -2.50. The van der Waals surface area contributed by atoms with Crippen molar-refractivity contribution in [3.05, 3.63) is 41.2 Å². The topological polar surface area (TPSA) is 108 Å². The minimum atomic E-state index is -5.00. The molecule has 52 heavy (non-hydrogen) atoms. The number of carbonyl (C=O) groups excluding carboxylic acids is 1. The maximum Gasteiger partial charge on any atom is 0.434 e. The van der Waals surface area contributed by atoms with E-state index in [4.69, 9.17) is 4.74 Å². The minimum absolute atomic E-state index is 0.0708. The monoisotopic (exact) mass is 731 g/mol. The lowest BCUT2D eigenvalue weighted by Crippen LogP contribution is -2.57. The summed E-state index contributed by atoms with van der Waals surface area (Å²) in [5, 5.41) is 12.8. The zero-order valence-electron chi connectivity index (χ0n) is 29.4. The fraction of sp³-hybridized carbons (Fsp3) is 0.684. The number of alkyl halides is 5. The van der Waals surface area contributed by atoms with Gasteiger partial charge in [-0.25, -0.2) is 23.5 Å². The standard InChI is InChI=1S/C38H46F5N5O4/c1-22-13-23-15-24(14-22)37(17-23,33(50)51)46-32(49)28-20-44-34(45-31(28)38(41,42)43)48-21-35(9-3-2-4-10-35)29-16-27(5-6-30(29)48)52-26-7-11-47(12-8-26)25-18-36(39,40)19-25/h5-6,16,20,22-26H,2-4,7-15,17-19,21H2,1H3,(H,46,49)(H,50,51). The summed E-state index contributed by atoms with van der Waals surface area (Å²) in [5.74, 6) is -4.43.